The normalized spacial score (nSPS) is 11.1. The molecule has 0 spiro atoms. The van der Waals surface area contributed by atoms with Gasteiger partial charge in [0.15, 0.2) is 11.5 Å². The highest BCUT2D eigenvalue weighted by molar-refractivity contribution is 6.18. The van der Waals surface area contributed by atoms with Crippen LogP contribution in [0.3, 0.4) is 0 Å². The van der Waals surface area contributed by atoms with Crippen molar-refractivity contribution in [2.45, 2.75) is 33.3 Å². The number of halogens is 1. The molecule has 114 valence electrons. The molecule has 0 N–H and O–H groups in total. The molecular formula is C16H19ClO4. The van der Waals surface area contributed by atoms with Gasteiger partial charge < -0.3 is 13.9 Å². The van der Waals surface area contributed by atoms with E-state index in [4.69, 9.17) is 25.5 Å². The Morgan fingerprint density at radius 1 is 1.29 bits per heavy atom. The molecule has 21 heavy (non-hydrogen) atoms. The number of aryl methyl sites for hydroxylation is 1. The van der Waals surface area contributed by atoms with Crippen molar-refractivity contribution in [1.29, 1.82) is 0 Å². The van der Waals surface area contributed by atoms with Crippen LogP contribution in [0.5, 0.6) is 11.5 Å². The zero-order chi connectivity index (χ0) is 15.6. The fraction of sp³-hybridized carbons (Fsp3) is 0.438. The first kappa shape index (κ1) is 15.7. The summed E-state index contributed by atoms with van der Waals surface area (Å²) in [5.41, 5.74) is 1.63. The fourth-order valence-electron chi connectivity index (χ4n) is 2.29. The van der Waals surface area contributed by atoms with Crippen LogP contribution in [-0.2, 0) is 6.42 Å². The average Bonchev–Trinajstić information content (AvgIpc) is 2.43. The van der Waals surface area contributed by atoms with Gasteiger partial charge in [0, 0.05) is 22.9 Å². The number of alkyl halides is 1. The first-order valence-corrected chi connectivity index (χ1v) is 7.38. The molecule has 2 aromatic rings. The van der Waals surface area contributed by atoms with Crippen LogP contribution < -0.4 is 15.1 Å². The van der Waals surface area contributed by atoms with Crippen LogP contribution in [0.1, 0.15) is 25.0 Å². The largest absolute Gasteiger partial charge is 0.493 e. The number of hydrogen-bond acceptors (Lipinski definition) is 4. The third-order valence-electron chi connectivity index (χ3n) is 3.28. The number of rotatable bonds is 5. The van der Waals surface area contributed by atoms with Gasteiger partial charge in [-0.15, -0.1) is 11.6 Å². The molecule has 0 amide bonds. The van der Waals surface area contributed by atoms with Gasteiger partial charge in [-0.05, 0) is 38.8 Å². The smallest absolute Gasteiger partial charge is 0.339 e. The lowest BCUT2D eigenvalue weighted by Gasteiger charge is -2.15. The molecular weight excluding hydrogens is 292 g/mol. The highest BCUT2D eigenvalue weighted by Gasteiger charge is 2.15. The summed E-state index contributed by atoms with van der Waals surface area (Å²) in [6, 6.07) is 3.54. The van der Waals surface area contributed by atoms with Crippen molar-refractivity contribution in [3.8, 4) is 11.5 Å². The minimum absolute atomic E-state index is 0.0229. The van der Waals surface area contributed by atoms with Crippen LogP contribution in [0.15, 0.2) is 21.3 Å². The van der Waals surface area contributed by atoms with E-state index < -0.39 is 0 Å². The van der Waals surface area contributed by atoms with Crippen LogP contribution in [0.2, 0.25) is 0 Å². The van der Waals surface area contributed by atoms with Gasteiger partial charge in [-0.1, -0.05) is 0 Å². The van der Waals surface area contributed by atoms with Crippen LogP contribution in [0.25, 0.3) is 11.0 Å². The lowest BCUT2D eigenvalue weighted by molar-refractivity contribution is 0.230. The topological polar surface area (TPSA) is 48.7 Å². The minimum Gasteiger partial charge on any atom is -0.493 e. The van der Waals surface area contributed by atoms with E-state index in [0.717, 1.165) is 10.9 Å². The van der Waals surface area contributed by atoms with Crippen molar-refractivity contribution in [3.05, 3.63) is 33.7 Å². The zero-order valence-electron chi connectivity index (χ0n) is 12.7. The second-order valence-electron chi connectivity index (χ2n) is 5.10. The fourth-order valence-corrected chi connectivity index (χ4v) is 2.47. The van der Waals surface area contributed by atoms with Crippen LogP contribution in [-0.4, -0.2) is 19.1 Å². The maximum Gasteiger partial charge on any atom is 0.339 e. The van der Waals surface area contributed by atoms with E-state index in [1.165, 1.54) is 0 Å². The van der Waals surface area contributed by atoms with E-state index in [-0.39, 0.29) is 11.7 Å². The van der Waals surface area contributed by atoms with E-state index in [0.29, 0.717) is 34.9 Å². The lowest BCUT2D eigenvalue weighted by Crippen LogP contribution is -2.11. The third kappa shape index (κ3) is 3.16. The first-order chi connectivity index (χ1) is 9.97. The second-order valence-corrected chi connectivity index (χ2v) is 5.48. The monoisotopic (exact) mass is 310 g/mol. The maximum absolute atomic E-state index is 12.0. The van der Waals surface area contributed by atoms with Gasteiger partial charge in [-0.3, -0.25) is 0 Å². The predicted molar refractivity (Wildman–Crippen MR) is 84.0 cm³/mol. The first-order valence-electron chi connectivity index (χ1n) is 6.84. The summed E-state index contributed by atoms with van der Waals surface area (Å²) in [6.45, 7) is 5.79. The maximum atomic E-state index is 12.0. The molecule has 1 aromatic carbocycles. The minimum atomic E-state index is -0.347. The quantitative estimate of drug-likeness (QED) is 0.624. The summed E-state index contributed by atoms with van der Waals surface area (Å²) in [5, 5.41) is 0.839. The van der Waals surface area contributed by atoms with E-state index >= 15 is 0 Å². The van der Waals surface area contributed by atoms with Crippen molar-refractivity contribution in [2.75, 3.05) is 13.0 Å². The molecule has 0 radical (unpaired) electrons. The SMILES string of the molecule is COc1cc2oc(=O)c(CCCl)c(C)c2cc1OC(C)C. The Hall–Kier alpha value is -1.68. The van der Waals surface area contributed by atoms with Crippen molar-refractivity contribution in [2.24, 2.45) is 0 Å². The Labute approximate surface area is 128 Å². The standard InChI is InChI=1S/C16H19ClO4/c1-9(2)20-15-7-12-10(3)11(5-6-17)16(18)21-13(12)8-14(15)19-4/h7-9H,5-6H2,1-4H3. The van der Waals surface area contributed by atoms with Gasteiger partial charge in [-0.2, -0.15) is 0 Å². The third-order valence-corrected chi connectivity index (χ3v) is 3.47. The van der Waals surface area contributed by atoms with Gasteiger partial charge in [0.25, 0.3) is 0 Å². The zero-order valence-corrected chi connectivity index (χ0v) is 13.4. The summed E-state index contributed by atoms with van der Waals surface area (Å²) in [5.74, 6) is 1.56. The van der Waals surface area contributed by atoms with Gasteiger partial charge in [0.1, 0.15) is 5.58 Å². The Kier molecular flexibility index (Phi) is 4.78. The number of benzene rings is 1. The molecule has 1 heterocycles. The molecule has 2 rings (SSSR count). The highest BCUT2D eigenvalue weighted by atomic mass is 35.5. The van der Waals surface area contributed by atoms with E-state index in [1.54, 1.807) is 13.2 Å². The van der Waals surface area contributed by atoms with Gasteiger partial charge in [-0.25, -0.2) is 4.79 Å². The number of methoxy groups -OCH3 is 1. The molecule has 0 saturated heterocycles. The molecule has 0 unspecified atom stereocenters. The molecule has 0 aliphatic rings. The Morgan fingerprint density at radius 2 is 2.00 bits per heavy atom. The Morgan fingerprint density at radius 3 is 2.57 bits per heavy atom. The molecule has 0 fully saturated rings. The second kappa shape index (κ2) is 6.39. The summed E-state index contributed by atoms with van der Waals surface area (Å²) in [7, 11) is 1.56. The van der Waals surface area contributed by atoms with Gasteiger partial charge in [0.2, 0.25) is 0 Å². The molecule has 4 nitrogen and oxygen atoms in total. The lowest BCUT2D eigenvalue weighted by atomic mass is 10.0. The van der Waals surface area contributed by atoms with Crippen molar-refractivity contribution in [1.82, 2.24) is 0 Å². The summed E-state index contributed by atoms with van der Waals surface area (Å²) in [4.78, 5) is 12.0. The Bertz CT molecular complexity index is 703. The van der Waals surface area contributed by atoms with E-state index in [9.17, 15) is 4.79 Å². The molecule has 5 heteroatoms. The average molecular weight is 311 g/mol. The molecule has 0 atom stereocenters. The summed E-state index contributed by atoms with van der Waals surface area (Å²) in [6.07, 6.45) is 0.507. The van der Waals surface area contributed by atoms with Crippen LogP contribution in [0, 0.1) is 6.92 Å². The van der Waals surface area contributed by atoms with Crippen molar-refractivity contribution in [3.63, 3.8) is 0 Å². The molecule has 1 aromatic heterocycles. The number of hydrogen-bond donors (Lipinski definition) is 0. The van der Waals surface area contributed by atoms with Crippen LogP contribution >= 0.6 is 11.6 Å². The van der Waals surface area contributed by atoms with E-state index in [1.807, 2.05) is 26.8 Å². The number of fused-ring (bicyclic) bond motifs is 1. The highest BCUT2D eigenvalue weighted by Crippen LogP contribution is 2.34. The molecule has 0 aliphatic heterocycles. The predicted octanol–water partition coefficient (Wildman–Crippen LogP) is 3.68. The van der Waals surface area contributed by atoms with E-state index in [2.05, 4.69) is 0 Å². The molecule has 0 saturated carbocycles. The Balaban J connectivity index is 2.70. The van der Waals surface area contributed by atoms with Crippen LogP contribution in [0.4, 0.5) is 0 Å². The number of ether oxygens (including phenoxy) is 2. The van der Waals surface area contributed by atoms with Crippen molar-refractivity contribution < 1.29 is 13.9 Å². The van der Waals surface area contributed by atoms with Crippen molar-refractivity contribution >= 4 is 22.6 Å². The van der Waals surface area contributed by atoms with Gasteiger partial charge in [0.05, 0.1) is 13.2 Å². The molecule has 0 aliphatic carbocycles. The van der Waals surface area contributed by atoms with Gasteiger partial charge >= 0.3 is 5.63 Å². The summed E-state index contributed by atoms with van der Waals surface area (Å²) < 4.78 is 16.4. The summed E-state index contributed by atoms with van der Waals surface area (Å²) >= 11 is 5.75. The molecule has 0 bridgehead atoms.